The number of ether oxygens (including phenoxy) is 2. The van der Waals surface area contributed by atoms with Crippen LogP contribution >= 0.6 is 0 Å². The van der Waals surface area contributed by atoms with E-state index in [9.17, 15) is 19.2 Å². The van der Waals surface area contributed by atoms with Crippen molar-refractivity contribution in [3.8, 4) is 11.5 Å². The molecule has 4 N–H and O–H groups in total. The number of anilines is 3. The van der Waals surface area contributed by atoms with Crippen LogP contribution in [-0.4, -0.2) is 56.9 Å². The van der Waals surface area contributed by atoms with E-state index < -0.39 is 23.8 Å². The van der Waals surface area contributed by atoms with E-state index in [0.29, 0.717) is 12.3 Å². The Morgan fingerprint density at radius 3 is 2.51 bits per heavy atom. The van der Waals surface area contributed by atoms with Gasteiger partial charge in [-0.3, -0.25) is 19.2 Å². The van der Waals surface area contributed by atoms with Gasteiger partial charge in [-0.25, -0.2) is 0 Å². The van der Waals surface area contributed by atoms with Gasteiger partial charge in [0.1, 0.15) is 18.4 Å². The molecule has 0 aromatic heterocycles. The monoisotopic (exact) mass is 587 g/mol. The Balaban J connectivity index is 1.56. The molecule has 0 radical (unpaired) electrons. The van der Waals surface area contributed by atoms with Crippen LogP contribution in [0.15, 0.2) is 66.7 Å². The lowest BCUT2D eigenvalue weighted by Crippen LogP contribution is -2.42. The summed E-state index contributed by atoms with van der Waals surface area (Å²) >= 11 is 0. The third-order valence-corrected chi connectivity index (χ3v) is 6.66. The molecule has 3 aromatic carbocycles. The highest BCUT2D eigenvalue weighted by atomic mass is 16.5. The van der Waals surface area contributed by atoms with Gasteiger partial charge in [-0.05, 0) is 42.7 Å². The van der Waals surface area contributed by atoms with E-state index in [1.165, 1.54) is 12.1 Å². The summed E-state index contributed by atoms with van der Waals surface area (Å²) in [5.41, 5.74) is 2.42. The number of fused-ring (bicyclic) bond motifs is 1. The minimum atomic E-state index is -0.919. The summed E-state index contributed by atoms with van der Waals surface area (Å²) in [5, 5.41) is 11.0. The van der Waals surface area contributed by atoms with Gasteiger partial charge in [0.2, 0.25) is 17.7 Å². The molecule has 4 amide bonds. The van der Waals surface area contributed by atoms with Crippen LogP contribution in [0, 0.1) is 0 Å². The highest BCUT2D eigenvalue weighted by molar-refractivity contribution is 6.11. The predicted octanol–water partition coefficient (Wildman–Crippen LogP) is 4.06. The third kappa shape index (κ3) is 8.79. The smallest absolute Gasteiger partial charge is 0.254 e. The normalized spacial score (nSPS) is 14.1. The Morgan fingerprint density at radius 2 is 1.77 bits per heavy atom. The van der Waals surface area contributed by atoms with Crippen molar-refractivity contribution >= 4 is 40.7 Å². The van der Waals surface area contributed by atoms with Crippen LogP contribution in [-0.2, 0) is 25.7 Å². The molecule has 4 rings (SSSR count). The maximum Gasteiger partial charge on any atom is 0.254 e. The Morgan fingerprint density at radius 1 is 0.977 bits per heavy atom. The molecule has 226 valence electrons. The van der Waals surface area contributed by atoms with E-state index >= 15 is 0 Å². The minimum Gasteiger partial charge on any atom is -0.455 e. The number of hydrogen-bond acceptors (Lipinski definition) is 7. The van der Waals surface area contributed by atoms with Gasteiger partial charge >= 0.3 is 0 Å². The summed E-state index contributed by atoms with van der Waals surface area (Å²) < 4.78 is 11.8. The van der Waals surface area contributed by atoms with Crippen molar-refractivity contribution in [2.45, 2.75) is 38.8 Å². The van der Waals surface area contributed by atoms with Gasteiger partial charge in [0.15, 0.2) is 5.75 Å². The van der Waals surface area contributed by atoms with E-state index in [1.54, 1.807) is 6.07 Å². The van der Waals surface area contributed by atoms with Crippen LogP contribution in [0.2, 0.25) is 0 Å². The molecule has 43 heavy (non-hydrogen) atoms. The summed E-state index contributed by atoms with van der Waals surface area (Å²) in [7, 11) is 3.80. The van der Waals surface area contributed by atoms with Crippen molar-refractivity contribution in [2.24, 2.45) is 0 Å². The maximum atomic E-state index is 13.3. The second kappa shape index (κ2) is 14.8. The standard InChI is InChI=1S/C32H37N5O6/c1-4-15-33-29(38)14-13-25-32(41)36-26-18-27(34-30(39)20-42-19-21-9-6-5-7-10-21)28(17-24(26)31(40)35-25)43-23-12-8-11-22(16-23)37(2)3/h5-12,16-18,25H,4,13-15,19-20H2,1-3H3,(H,33,38)(H,34,39)(H,35,40)(H,36,41)/t25-/m0/s1. The summed E-state index contributed by atoms with van der Waals surface area (Å²) in [6, 6.07) is 18.9. The van der Waals surface area contributed by atoms with Gasteiger partial charge in [-0.2, -0.15) is 0 Å². The second-order valence-corrected chi connectivity index (χ2v) is 10.3. The van der Waals surface area contributed by atoms with Crippen LogP contribution in [0.4, 0.5) is 17.1 Å². The summed E-state index contributed by atoms with van der Waals surface area (Å²) in [6.07, 6.45) is 1.00. The van der Waals surface area contributed by atoms with Gasteiger partial charge in [-0.15, -0.1) is 0 Å². The molecule has 0 unspecified atom stereocenters. The average Bonchev–Trinajstić information content (AvgIpc) is 3.10. The van der Waals surface area contributed by atoms with Gasteiger partial charge in [0, 0.05) is 38.8 Å². The zero-order valence-electron chi connectivity index (χ0n) is 24.6. The lowest BCUT2D eigenvalue weighted by molar-refractivity contribution is -0.122. The fourth-order valence-corrected chi connectivity index (χ4v) is 4.38. The number of carbonyl (C=O) groups is 4. The molecule has 0 saturated heterocycles. The second-order valence-electron chi connectivity index (χ2n) is 10.3. The molecular weight excluding hydrogens is 550 g/mol. The van der Waals surface area contributed by atoms with Crippen molar-refractivity contribution in [1.29, 1.82) is 0 Å². The van der Waals surface area contributed by atoms with Gasteiger partial charge in [0.25, 0.3) is 5.91 Å². The minimum absolute atomic E-state index is 0.0789. The molecule has 1 heterocycles. The fourth-order valence-electron chi connectivity index (χ4n) is 4.38. The molecule has 0 bridgehead atoms. The topological polar surface area (TPSA) is 138 Å². The number of nitrogens with one attached hydrogen (secondary N) is 4. The Labute approximate surface area is 250 Å². The highest BCUT2D eigenvalue weighted by Crippen LogP contribution is 2.37. The molecule has 0 saturated carbocycles. The first-order valence-electron chi connectivity index (χ1n) is 14.2. The van der Waals surface area contributed by atoms with Gasteiger partial charge < -0.3 is 35.6 Å². The number of rotatable bonds is 13. The van der Waals surface area contributed by atoms with Crippen LogP contribution in [0.1, 0.15) is 42.1 Å². The maximum absolute atomic E-state index is 13.3. The first-order valence-corrected chi connectivity index (χ1v) is 14.2. The van der Waals surface area contributed by atoms with E-state index in [4.69, 9.17) is 9.47 Å². The molecule has 0 spiro atoms. The molecule has 1 atom stereocenters. The number of hydrogen-bond donors (Lipinski definition) is 4. The van der Waals surface area contributed by atoms with Gasteiger partial charge in [0.05, 0.1) is 23.5 Å². The van der Waals surface area contributed by atoms with E-state index in [2.05, 4.69) is 21.3 Å². The Hall–Kier alpha value is -4.90. The largest absolute Gasteiger partial charge is 0.455 e. The SMILES string of the molecule is CCCNC(=O)CC[C@@H]1NC(=O)c2cc(Oc3cccc(N(C)C)c3)c(NC(=O)COCc3ccccc3)cc2NC1=O. The molecule has 0 fully saturated rings. The molecule has 1 aliphatic heterocycles. The van der Waals surface area contributed by atoms with Crippen molar-refractivity contribution in [3.05, 3.63) is 77.9 Å². The lowest BCUT2D eigenvalue weighted by atomic mass is 10.1. The summed E-state index contributed by atoms with van der Waals surface area (Å²) in [6.45, 7) is 2.52. The molecule has 1 aliphatic rings. The van der Waals surface area contributed by atoms with Crippen LogP contribution in [0.25, 0.3) is 0 Å². The molecule has 11 heteroatoms. The molecule has 11 nitrogen and oxygen atoms in total. The van der Waals surface area contributed by atoms with E-state index in [1.807, 2.05) is 74.4 Å². The van der Waals surface area contributed by atoms with Crippen molar-refractivity contribution in [1.82, 2.24) is 10.6 Å². The quantitative estimate of drug-likeness (QED) is 0.237. The first kappa shape index (κ1) is 31.0. The lowest BCUT2D eigenvalue weighted by Gasteiger charge is -2.17. The number of nitrogens with zero attached hydrogens (tertiary/aromatic N) is 1. The van der Waals surface area contributed by atoms with E-state index in [-0.39, 0.29) is 54.7 Å². The summed E-state index contributed by atoms with van der Waals surface area (Å²) in [5.74, 6) is -0.928. The zero-order chi connectivity index (χ0) is 30.8. The number of benzene rings is 3. The van der Waals surface area contributed by atoms with Crippen molar-refractivity contribution in [2.75, 3.05) is 42.8 Å². The van der Waals surface area contributed by atoms with Crippen LogP contribution in [0.3, 0.4) is 0 Å². The van der Waals surface area contributed by atoms with Crippen molar-refractivity contribution in [3.63, 3.8) is 0 Å². The molecule has 3 aromatic rings. The number of carbonyl (C=O) groups excluding carboxylic acids is 4. The highest BCUT2D eigenvalue weighted by Gasteiger charge is 2.30. The Bertz CT molecular complexity index is 1460. The summed E-state index contributed by atoms with van der Waals surface area (Å²) in [4.78, 5) is 53.2. The van der Waals surface area contributed by atoms with Gasteiger partial charge in [-0.1, -0.05) is 43.3 Å². The Kier molecular flexibility index (Phi) is 10.7. The predicted molar refractivity (Wildman–Crippen MR) is 164 cm³/mol. The van der Waals surface area contributed by atoms with Crippen LogP contribution in [0.5, 0.6) is 11.5 Å². The molecular formula is C32H37N5O6. The van der Waals surface area contributed by atoms with Crippen LogP contribution < -0.4 is 30.9 Å². The molecule has 0 aliphatic carbocycles. The number of amides is 4. The average molecular weight is 588 g/mol. The third-order valence-electron chi connectivity index (χ3n) is 6.66. The first-order chi connectivity index (χ1) is 20.7. The fraction of sp³-hybridized carbons (Fsp3) is 0.312. The van der Waals surface area contributed by atoms with Crippen molar-refractivity contribution < 1.29 is 28.7 Å². The zero-order valence-corrected chi connectivity index (χ0v) is 24.6. The van der Waals surface area contributed by atoms with E-state index in [0.717, 1.165) is 17.7 Å².